The minimum Gasteiger partial charge on any atom is -0.507 e. The Morgan fingerprint density at radius 3 is 1.68 bits per heavy atom. The molecule has 0 bridgehead atoms. The molecule has 0 amide bonds. The van der Waals surface area contributed by atoms with Crippen LogP contribution in [0.4, 0.5) is 17.6 Å². The van der Waals surface area contributed by atoms with Crippen LogP contribution in [0.1, 0.15) is 118 Å². The second-order valence-electron chi connectivity index (χ2n) is 17.9. The molecular weight excluding hydrogens is 811 g/mol. The van der Waals surface area contributed by atoms with Gasteiger partial charge in [-0.2, -0.15) is 15.0 Å². The van der Waals surface area contributed by atoms with E-state index >= 15 is 0 Å². The molecule has 0 aliphatic rings. The maximum absolute atomic E-state index is 12.9. The van der Waals surface area contributed by atoms with E-state index < -0.39 is 37.1 Å². The third-order valence-corrected chi connectivity index (χ3v) is 19.5. The molecule has 3 rings (SSSR count). The number of ether oxygens (including phenoxy) is 2. The number of nitrogens with one attached hydrogen (secondary N) is 2. The normalized spacial score (nSPS) is 13.1. The molecule has 0 fully saturated rings. The lowest BCUT2D eigenvalue weighted by molar-refractivity contribution is 0.0416. The summed E-state index contributed by atoms with van der Waals surface area (Å²) in [7, 11) is -6.16. The van der Waals surface area contributed by atoms with E-state index in [0.29, 0.717) is 42.8 Å². The first-order chi connectivity index (χ1) is 28.3. The summed E-state index contributed by atoms with van der Waals surface area (Å²) >= 11 is 0. The average Bonchev–Trinajstić information content (AvgIpc) is 3.15. The maximum Gasteiger partial charge on any atom is 0.341 e. The van der Waals surface area contributed by atoms with Gasteiger partial charge in [-0.1, -0.05) is 72.3 Å². The van der Waals surface area contributed by atoms with Crippen LogP contribution < -0.4 is 10.6 Å². The van der Waals surface area contributed by atoms with Crippen molar-refractivity contribution in [2.75, 3.05) is 30.4 Å². The number of aromatic nitrogens is 3. The topological polar surface area (TPSA) is 174 Å². The van der Waals surface area contributed by atoms with Crippen molar-refractivity contribution in [2.45, 2.75) is 144 Å². The Balaban J connectivity index is 1.83. The number of hydrogen-bond donors (Lipinski definition) is 4. The van der Waals surface area contributed by atoms with Crippen LogP contribution >= 0.6 is 0 Å². The summed E-state index contributed by atoms with van der Waals surface area (Å²) in [5.41, 5.74) is 1.31. The van der Waals surface area contributed by atoms with Gasteiger partial charge in [-0.25, -0.2) is 9.59 Å². The van der Waals surface area contributed by atoms with E-state index in [1.807, 2.05) is 0 Å². The molecular formula is C44H73N5O8Si3. The Labute approximate surface area is 362 Å². The van der Waals surface area contributed by atoms with E-state index in [0.717, 1.165) is 63.8 Å². The number of nitrogens with zero attached hydrogens (tertiary/aromatic N) is 3. The van der Waals surface area contributed by atoms with E-state index in [1.54, 1.807) is 18.2 Å². The van der Waals surface area contributed by atoms with Gasteiger partial charge in [0.05, 0.1) is 13.2 Å². The summed E-state index contributed by atoms with van der Waals surface area (Å²) in [5.74, 6) is -0.0500. The van der Waals surface area contributed by atoms with Gasteiger partial charge < -0.3 is 38.6 Å². The van der Waals surface area contributed by atoms with Gasteiger partial charge in [-0.15, -0.1) is 0 Å². The number of phenols is 2. The highest BCUT2D eigenvalue weighted by Gasteiger charge is 2.39. The number of benzene rings is 2. The summed E-state index contributed by atoms with van der Waals surface area (Å²) in [6.45, 7) is 24.9. The van der Waals surface area contributed by atoms with Crippen LogP contribution in [-0.2, 0) is 24.1 Å². The van der Waals surface area contributed by atoms with E-state index in [2.05, 4.69) is 94.1 Å². The molecule has 2 unspecified atom stereocenters. The second-order valence-corrected chi connectivity index (χ2v) is 30.8. The van der Waals surface area contributed by atoms with E-state index in [9.17, 15) is 19.8 Å². The molecule has 4 N–H and O–H groups in total. The van der Waals surface area contributed by atoms with Crippen molar-refractivity contribution < 1.29 is 37.5 Å². The third kappa shape index (κ3) is 18.0. The van der Waals surface area contributed by atoms with Gasteiger partial charge in [-0.3, -0.25) is 0 Å². The Kier molecular flexibility index (Phi) is 20.2. The Morgan fingerprint density at radius 1 is 0.683 bits per heavy atom. The summed E-state index contributed by atoms with van der Waals surface area (Å²) in [5, 5.41) is 28.3. The number of hydrogen-bond acceptors (Lipinski definition) is 13. The Bertz CT molecular complexity index is 1700. The summed E-state index contributed by atoms with van der Waals surface area (Å²) < 4.78 is 24.5. The summed E-state index contributed by atoms with van der Waals surface area (Å²) in [4.78, 5) is 39.9. The zero-order valence-corrected chi connectivity index (χ0v) is 41.2. The molecule has 0 saturated carbocycles. The predicted octanol–water partition coefficient (Wildman–Crippen LogP) is 10.9. The fraction of sp³-hybridized carbons (Fsp3) is 0.614. The highest BCUT2D eigenvalue weighted by molar-refractivity contribution is 6.87. The van der Waals surface area contributed by atoms with Gasteiger partial charge in [0, 0.05) is 24.7 Å². The van der Waals surface area contributed by atoms with Crippen molar-refractivity contribution in [1.82, 2.24) is 15.0 Å². The minimum absolute atomic E-state index is 0.0742. The zero-order valence-electron chi connectivity index (χ0n) is 38.2. The van der Waals surface area contributed by atoms with Crippen molar-refractivity contribution in [3.8, 4) is 11.5 Å². The van der Waals surface area contributed by atoms with E-state index in [1.165, 1.54) is 18.2 Å². The number of rotatable bonds is 27. The van der Waals surface area contributed by atoms with Crippen LogP contribution in [0.3, 0.4) is 0 Å². The first-order valence-corrected chi connectivity index (χ1v) is 31.3. The zero-order chi connectivity index (χ0) is 44.5. The van der Waals surface area contributed by atoms with Crippen LogP contribution in [0.15, 0.2) is 36.4 Å². The van der Waals surface area contributed by atoms with Crippen LogP contribution in [0.2, 0.25) is 51.9 Å². The second kappa shape index (κ2) is 24.0. The SMILES string of the molecule is CCCCC(CC)COC(=O)c1ccc(Cc2nc(NCCC[Si](C)(O[Si](C)(C)C)O[Si](C)(C)C)nc(Nc3ccc(C(=O)OCC(CC)CCCC)c(O)c3)n2)cc1O. The first kappa shape index (κ1) is 50.5. The van der Waals surface area contributed by atoms with Gasteiger partial charge in [-0.05, 0) is 113 Å². The number of esters is 2. The smallest absolute Gasteiger partial charge is 0.341 e. The number of carbonyl (C=O) groups is 2. The largest absolute Gasteiger partial charge is 0.507 e. The average molecular weight is 884 g/mol. The molecule has 16 heteroatoms. The monoisotopic (exact) mass is 883 g/mol. The third-order valence-electron chi connectivity index (χ3n) is 9.92. The molecule has 0 radical (unpaired) electrons. The lowest BCUT2D eigenvalue weighted by atomic mass is 10.0. The molecule has 2 atom stereocenters. The van der Waals surface area contributed by atoms with E-state index in [-0.39, 0.29) is 46.8 Å². The fourth-order valence-electron chi connectivity index (χ4n) is 6.95. The Hall–Kier alpha value is -3.84. The van der Waals surface area contributed by atoms with Gasteiger partial charge in [0.2, 0.25) is 11.9 Å². The standard InChI is InChI=1S/C44H73N5O8Si3/c1-12-16-19-32(14-3)30-54-41(52)36-23-21-34(27-38(36)50)28-40-47-43(45-25-18-26-60(11,56-58(5,6)7)57-59(8,9)10)49-44(48-40)46-35-22-24-37(39(51)29-35)42(53)55-31-33(15-4)20-17-13-2/h21-24,27,29,32-33,50-51H,12-20,25-26,28,30-31H2,1-11H3,(H2,45,46,47,48,49). The fourth-order valence-corrected chi connectivity index (χ4v) is 19.5. The quantitative estimate of drug-likeness (QED) is 0.0324. The van der Waals surface area contributed by atoms with Gasteiger partial charge in [0.15, 0.2) is 16.6 Å². The summed E-state index contributed by atoms with van der Waals surface area (Å²) in [6.07, 6.45) is 9.11. The van der Waals surface area contributed by atoms with Crippen molar-refractivity contribution >= 4 is 54.7 Å². The molecule has 1 heterocycles. The number of unbranched alkanes of at least 4 members (excludes halogenated alkanes) is 2. The molecule has 0 saturated heterocycles. The van der Waals surface area contributed by atoms with Crippen LogP contribution in [0, 0.1) is 11.8 Å². The number of carbonyl (C=O) groups excluding carboxylic acids is 2. The van der Waals surface area contributed by atoms with E-state index in [4.69, 9.17) is 22.7 Å². The molecule has 2 aromatic carbocycles. The van der Waals surface area contributed by atoms with Gasteiger partial charge in [0.25, 0.3) is 0 Å². The van der Waals surface area contributed by atoms with Crippen LogP contribution in [0.25, 0.3) is 0 Å². The minimum atomic E-state index is -2.45. The van der Waals surface area contributed by atoms with Crippen molar-refractivity contribution in [3.05, 3.63) is 58.9 Å². The lowest BCUT2D eigenvalue weighted by Gasteiger charge is -2.38. The van der Waals surface area contributed by atoms with Crippen molar-refractivity contribution in [2.24, 2.45) is 11.8 Å². The molecule has 0 spiro atoms. The lowest BCUT2D eigenvalue weighted by Crippen LogP contribution is -2.52. The number of aromatic hydroxyl groups is 2. The summed E-state index contributed by atoms with van der Waals surface area (Å²) in [6, 6.07) is 10.3. The maximum atomic E-state index is 12.9. The molecule has 334 valence electrons. The molecule has 0 aliphatic carbocycles. The van der Waals surface area contributed by atoms with Crippen molar-refractivity contribution in [3.63, 3.8) is 0 Å². The highest BCUT2D eigenvalue weighted by atomic mass is 28.5. The molecule has 1 aromatic heterocycles. The van der Waals surface area contributed by atoms with Crippen molar-refractivity contribution in [1.29, 1.82) is 0 Å². The highest BCUT2D eigenvalue weighted by Crippen LogP contribution is 2.28. The number of anilines is 3. The molecule has 0 aliphatic heterocycles. The first-order valence-electron chi connectivity index (χ1n) is 21.9. The predicted molar refractivity (Wildman–Crippen MR) is 248 cm³/mol. The van der Waals surface area contributed by atoms with Crippen LogP contribution in [0.5, 0.6) is 11.5 Å². The molecule has 13 nitrogen and oxygen atoms in total. The Morgan fingerprint density at radius 2 is 1.20 bits per heavy atom. The van der Waals surface area contributed by atoms with Gasteiger partial charge >= 0.3 is 20.5 Å². The molecule has 3 aromatic rings. The number of phenolic OH excluding ortho intramolecular Hbond substituents is 2. The van der Waals surface area contributed by atoms with Gasteiger partial charge in [0.1, 0.15) is 28.5 Å². The molecule has 60 heavy (non-hydrogen) atoms. The van der Waals surface area contributed by atoms with Crippen LogP contribution in [-0.4, -0.2) is 82.1 Å².